The Bertz CT molecular complexity index is 963. The molecular formula is C24H25ClN2O5. The SMILES string of the molecule is O=C(c1ccc(Cl)cc1)c1ccc(OCC(=O)N2CCN(C(=O)C3CCCO3)CC2)cc1. The maximum Gasteiger partial charge on any atom is 0.260 e. The maximum absolute atomic E-state index is 12.5. The highest BCUT2D eigenvalue weighted by molar-refractivity contribution is 6.30. The average molecular weight is 457 g/mol. The number of hydrogen-bond acceptors (Lipinski definition) is 5. The van der Waals surface area contributed by atoms with E-state index in [1.165, 1.54) is 0 Å². The van der Waals surface area contributed by atoms with E-state index in [1.807, 2.05) is 0 Å². The first-order chi connectivity index (χ1) is 15.5. The van der Waals surface area contributed by atoms with Gasteiger partial charge in [0.1, 0.15) is 11.9 Å². The van der Waals surface area contributed by atoms with E-state index in [1.54, 1.807) is 58.3 Å². The summed E-state index contributed by atoms with van der Waals surface area (Å²) in [6.07, 6.45) is 1.37. The van der Waals surface area contributed by atoms with Gasteiger partial charge in [-0.3, -0.25) is 14.4 Å². The summed E-state index contributed by atoms with van der Waals surface area (Å²) in [4.78, 5) is 40.9. The predicted molar refractivity (Wildman–Crippen MR) is 119 cm³/mol. The van der Waals surface area contributed by atoms with Gasteiger partial charge in [0.15, 0.2) is 12.4 Å². The number of hydrogen-bond donors (Lipinski definition) is 0. The molecule has 168 valence electrons. The van der Waals surface area contributed by atoms with Gasteiger partial charge in [0.25, 0.3) is 11.8 Å². The quantitative estimate of drug-likeness (QED) is 0.625. The van der Waals surface area contributed by atoms with Crippen LogP contribution >= 0.6 is 11.6 Å². The van der Waals surface area contributed by atoms with E-state index in [0.29, 0.717) is 54.7 Å². The zero-order valence-corrected chi connectivity index (χ0v) is 18.4. The highest BCUT2D eigenvalue weighted by Crippen LogP contribution is 2.18. The van der Waals surface area contributed by atoms with Crippen molar-refractivity contribution in [3.8, 4) is 5.75 Å². The standard InChI is InChI=1S/C24H25ClN2O5/c25-19-7-3-17(4-8-19)23(29)18-5-9-20(10-6-18)32-16-22(28)26-11-13-27(14-12-26)24(30)21-2-1-15-31-21/h3-10,21H,1-2,11-16H2. The van der Waals surface area contributed by atoms with Gasteiger partial charge in [0.05, 0.1) is 0 Å². The topological polar surface area (TPSA) is 76.2 Å². The van der Waals surface area contributed by atoms with Crippen LogP contribution in [0.25, 0.3) is 0 Å². The molecule has 0 aromatic heterocycles. The number of nitrogens with zero attached hydrogens (tertiary/aromatic N) is 2. The fourth-order valence-corrected chi connectivity index (χ4v) is 3.99. The highest BCUT2D eigenvalue weighted by Gasteiger charge is 2.31. The van der Waals surface area contributed by atoms with Gasteiger partial charge in [0, 0.05) is 48.9 Å². The summed E-state index contributed by atoms with van der Waals surface area (Å²) in [5.41, 5.74) is 1.08. The monoisotopic (exact) mass is 456 g/mol. The number of amides is 2. The second-order valence-corrected chi connectivity index (χ2v) is 8.29. The number of ketones is 1. The molecule has 4 rings (SSSR count). The van der Waals surface area contributed by atoms with Crippen LogP contribution in [-0.2, 0) is 14.3 Å². The van der Waals surface area contributed by atoms with Gasteiger partial charge in [-0.25, -0.2) is 0 Å². The van der Waals surface area contributed by atoms with E-state index in [9.17, 15) is 14.4 Å². The Balaban J connectivity index is 1.24. The highest BCUT2D eigenvalue weighted by atomic mass is 35.5. The fourth-order valence-electron chi connectivity index (χ4n) is 3.86. The molecule has 0 saturated carbocycles. The molecule has 2 saturated heterocycles. The minimum absolute atomic E-state index is 0.0269. The van der Waals surface area contributed by atoms with Crippen molar-refractivity contribution in [3.05, 3.63) is 64.7 Å². The summed E-state index contributed by atoms with van der Waals surface area (Å²) in [6, 6.07) is 13.4. The molecule has 0 spiro atoms. The minimum atomic E-state index is -0.324. The number of piperazine rings is 1. The van der Waals surface area contributed by atoms with Crippen molar-refractivity contribution in [2.45, 2.75) is 18.9 Å². The van der Waals surface area contributed by atoms with Crippen LogP contribution in [0, 0.1) is 0 Å². The molecule has 1 atom stereocenters. The second-order valence-electron chi connectivity index (χ2n) is 7.86. The first-order valence-electron chi connectivity index (χ1n) is 10.7. The predicted octanol–water partition coefficient (Wildman–Crippen LogP) is 2.80. The van der Waals surface area contributed by atoms with Crippen molar-refractivity contribution < 1.29 is 23.9 Å². The van der Waals surface area contributed by atoms with Crippen LogP contribution in [0.4, 0.5) is 0 Å². The van der Waals surface area contributed by atoms with Gasteiger partial charge in [0.2, 0.25) is 0 Å². The van der Waals surface area contributed by atoms with Crippen LogP contribution < -0.4 is 4.74 Å². The molecule has 0 N–H and O–H groups in total. The van der Waals surface area contributed by atoms with Crippen molar-refractivity contribution in [2.24, 2.45) is 0 Å². The van der Waals surface area contributed by atoms with Gasteiger partial charge in [-0.15, -0.1) is 0 Å². The summed E-state index contributed by atoms with van der Waals surface area (Å²) >= 11 is 5.87. The van der Waals surface area contributed by atoms with Gasteiger partial charge in [-0.1, -0.05) is 11.6 Å². The summed E-state index contributed by atoms with van der Waals surface area (Å²) in [5, 5.41) is 0.575. The van der Waals surface area contributed by atoms with Crippen LogP contribution in [0.1, 0.15) is 28.8 Å². The molecule has 32 heavy (non-hydrogen) atoms. The summed E-state index contributed by atoms with van der Waals surface area (Å²) in [6.45, 7) is 2.52. The normalized spacial score (nSPS) is 18.5. The van der Waals surface area contributed by atoms with Crippen LogP contribution in [0.2, 0.25) is 5.02 Å². The smallest absolute Gasteiger partial charge is 0.260 e. The van der Waals surface area contributed by atoms with Crippen molar-refractivity contribution >= 4 is 29.2 Å². The third-order valence-corrected chi connectivity index (χ3v) is 5.99. The molecule has 1 unspecified atom stereocenters. The largest absolute Gasteiger partial charge is 0.484 e. The molecule has 2 amide bonds. The first-order valence-corrected chi connectivity index (χ1v) is 11.1. The lowest BCUT2D eigenvalue weighted by Crippen LogP contribution is -2.53. The molecule has 0 bridgehead atoms. The van der Waals surface area contributed by atoms with Crippen LogP contribution in [0.3, 0.4) is 0 Å². The molecule has 2 fully saturated rings. The summed E-state index contributed by atoms with van der Waals surface area (Å²) in [5.74, 6) is 0.299. The van der Waals surface area contributed by atoms with E-state index >= 15 is 0 Å². The third-order valence-electron chi connectivity index (χ3n) is 5.73. The molecule has 2 aliphatic rings. The molecule has 0 aliphatic carbocycles. The molecule has 2 aromatic carbocycles. The lowest BCUT2D eigenvalue weighted by molar-refractivity contribution is -0.146. The fraction of sp³-hybridized carbons (Fsp3) is 0.375. The van der Waals surface area contributed by atoms with Crippen LogP contribution in [-0.4, -0.2) is 72.9 Å². The van der Waals surface area contributed by atoms with Gasteiger partial charge >= 0.3 is 0 Å². The molecule has 0 radical (unpaired) electrons. The van der Waals surface area contributed by atoms with Gasteiger partial charge in [-0.05, 0) is 61.4 Å². The van der Waals surface area contributed by atoms with E-state index in [-0.39, 0.29) is 30.3 Å². The number of halogens is 1. The Kier molecular flexibility index (Phi) is 7.07. The van der Waals surface area contributed by atoms with E-state index in [0.717, 1.165) is 12.8 Å². The Morgan fingerprint density at radius 3 is 2.09 bits per heavy atom. The van der Waals surface area contributed by atoms with E-state index in [2.05, 4.69) is 0 Å². The maximum atomic E-state index is 12.5. The number of ether oxygens (including phenoxy) is 2. The zero-order chi connectivity index (χ0) is 22.5. The van der Waals surface area contributed by atoms with Crippen LogP contribution in [0.5, 0.6) is 5.75 Å². The van der Waals surface area contributed by atoms with Gasteiger partial charge < -0.3 is 19.3 Å². The number of carbonyl (C=O) groups excluding carboxylic acids is 3. The first kappa shape index (κ1) is 22.3. The minimum Gasteiger partial charge on any atom is -0.484 e. The number of benzene rings is 2. The Hall–Kier alpha value is -2.90. The third kappa shape index (κ3) is 5.29. The Morgan fingerprint density at radius 1 is 0.906 bits per heavy atom. The molecular weight excluding hydrogens is 432 g/mol. The van der Waals surface area contributed by atoms with Crippen molar-refractivity contribution in [1.29, 1.82) is 0 Å². The van der Waals surface area contributed by atoms with Gasteiger partial charge in [-0.2, -0.15) is 0 Å². The second kappa shape index (κ2) is 10.1. The average Bonchev–Trinajstić information content (AvgIpc) is 3.38. The number of carbonyl (C=O) groups is 3. The van der Waals surface area contributed by atoms with Crippen LogP contribution in [0.15, 0.2) is 48.5 Å². The Labute approximate surface area is 191 Å². The summed E-state index contributed by atoms with van der Waals surface area (Å²) < 4.78 is 11.1. The zero-order valence-electron chi connectivity index (χ0n) is 17.7. The number of rotatable bonds is 6. The lowest BCUT2D eigenvalue weighted by atomic mass is 10.0. The van der Waals surface area contributed by atoms with E-state index < -0.39 is 0 Å². The molecule has 2 aromatic rings. The van der Waals surface area contributed by atoms with E-state index in [4.69, 9.17) is 21.1 Å². The summed E-state index contributed by atoms with van der Waals surface area (Å²) in [7, 11) is 0. The lowest BCUT2D eigenvalue weighted by Gasteiger charge is -2.35. The van der Waals surface area contributed by atoms with Crippen molar-refractivity contribution in [3.63, 3.8) is 0 Å². The van der Waals surface area contributed by atoms with Crippen molar-refractivity contribution in [2.75, 3.05) is 39.4 Å². The molecule has 2 aliphatic heterocycles. The molecule has 7 nitrogen and oxygen atoms in total. The molecule has 8 heteroatoms. The molecule has 2 heterocycles. The Morgan fingerprint density at radius 2 is 1.50 bits per heavy atom. The van der Waals surface area contributed by atoms with Crippen molar-refractivity contribution in [1.82, 2.24) is 9.80 Å².